The van der Waals surface area contributed by atoms with Gasteiger partial charge in [0, 0.05) is 24.2 Å². The van der Waals surface area contributed by atoms with Gasteiger partial charge in [0.25, 0.3) is 0 Å². The maximum absolute atomic E-state index is 10.5. The summed E-state index contributed by atoms with van der Waals surface area (Å²) < 4.78 is 0. The first kappa shape index (κ1) is 23.6. The quantitative estimate of drug-likeness (QED) is 0.311. The molecule has 3 aromatic rings. The summed E-state index contributed by atoms with van der Waals surface area (Å²) in [6.45, 7) is 4.12. The predicted octanol–water partition coefficient (Wildman–Crippen LogP) is 7.77. The summed E-state index contributed by atoms with van der Waals surface area (Å²) in [5.74, 6) is 0.438. The number of rotatable bonds is 10. The van der Waals surface area contributed by atoms with Gasteiger partial charge in [0.15, 0.2) is 0 Å². The predicted molar refractivity (Wildman–Crippen MR) is 137 cm³/mol. The third-order valence-corrected chi connectivity index (χ3v) is 7.65. The highest BCUT2D eigenvalue weighted by molar-refractivity contribution is 6.30. The van der Waals surface area contributed by atoms with E-state index in [0.29, 0.717) is 12.0 Å². The van der Waals surface area contributed by atoms with Crippen molar-refractivity contribution < 1.29 is 0 Å². The van der Waals surface area contributed by atoms with Gasteiger partial charge in [-0.05, 0) is 67.3 Å². The van der Waals surface area contributed by atoms with E-state index in [-0.39, 0.29) is 0 Å². The van der Waals surface area contributed by atoms with Gasteiger partial charge in [0.05, 0.1) is 11.5 Å². The van der Waals surface area contributed by atoms with Gasteiger partial charge < -0.3 is 0 Å². The minimum atomic E-state index is -0.428. The minimum Gasteiger partial charge on any atom is -0.292 e. The molecule has 1 saturated carbocycles. The van der Waals surface area contributed by atoms with Gasteiger partial charge in [-0.25, -0.2) is 0 Å². The molecule has 3 aromatic carbocycles. The molecule has 1 aliphatic rings. The van der Waals surface area contributed by atoms with Crippen molar-refractivity contribution in [2.45, 2.75) is 63.6 Å². The van der Waals surface area contributed by atoms with E-state index in [4.69, 9.17) is 11.6 Å². The van der Waals surface area contributed by atoms with Gasteiger partial charge >= 0.3 is 0 Å². The lowest BCUT2D eigenvalue weighted by atomic mass is 9.60. The van der Waals surface area contributed by atoms with E-state index >= 15 is 0 Å². The van der Waals surface area contributed by atoms with Crippen LogP contribution in [-0.2, 0) is 18.5 Å². The van der Waals surface area contributed by atoms with Gasteiger partial charge in [-0.3, -0.25) is 4.90 Å². The summed E-state index contributed by atoms with van der Waals surface area (Å²) in [4.78, 5) is 2.55. The smallest absolute Gasteiger partial charge is 0.0851 e. The SMILES string of the molecule is CC(CCC(C#N)(c1ccc(Cl)cc1)C1CCC1)N(Cc1ccccc1)Cc1ccccc1. The molecule has 1 aliphatic carbocycles. The van der Waals surface area contributed by atoms with Crippen LogP contribution in [0.5, 0.6) is 0 Å². The lowest BCUT2D eigenvalue weighted by molar-refractivity contribution is 0.148. The second-order valence-corrected chi connectivity index (χ2v) is 9.92. The second kappa shape index (κ2) is 11.0. The van der Waals surface area contributed by atoms with Crippen LogP contribution in [0, 0.1) is 17.2 Å². The van der Waals surface area contributed by atoms with Crippen LogP contribution in [-0.4, -0.2) is 10.9 Å². The zero-order valence-corrected chi connectivity index (χ0v) is 20.2. The molecule has 0 aliphatic heterocycles. The van der Waals surface area contributed by atoms with Crippen molar-refractivity contribution in [3.05, 3.63) is 107 Å². The standard InChI is InChI=1S/C30H33ClN2/c1-24(33(21-25-9-4-2-5-10-25)22-26-11-6-3-7-12-26)19-20-30(23-32,27-13-8-14-27)28-15-17-29(31)18-16-28/h2-7,9-12,15-18,24,27H,8,13-14,19-22H2,1H3. The first-order valence-corrected chi connectivity index (χ1v) is 12.5. The normalized spacial score (nSPS) is 16.5. The van der Waals surface area contributed by atoms with Crippen LogP contribution in [0.4, 0.5) is 0 Å². The Morgan fingerprint density at radius 1 is 0.909 bits per heavy atom. The highest BCUT2D eigenvalue weighted by atomic mass is 35.5. The third kappa shape index (κ3) is 5.67. The van der Waals surface area contributed by atoms with Gasteiger partial charge in [-0.15, -0.1) is 0 Å². The Kier molecular flexibility index (Phi) is 7.86. The van der Waals surface area contributed by atoms with Crippen LogP contribution in [0.15, 0.2) is 84.9 Å². The van der Waals surface area contributed by atoms with Gasteiger partial charge in [0.2, 0.25) is 0 Å². The maximum atomic E-state index is 10.5. The summed E-state index contributed by atoms with van der Waals surface area (Å²) in [5.41, 5.74) is 3.35. The van der Waals surface area contributed by atoms with Gasteiger partial charge in [-0.2, -0.15) is 5.26 Å². The zero-order chi connectivity index (χ0) is 23.1. The zero-order valence-electron chi connectivity index (χ0n) is 19.5. The molecule has 33 heavy (non-hydrogen) atoms. The van der Waals surface area contributed by atoms with E-state index < -0.39 is 5.41 Å². The van der Waals surface area contributed by atoms with Crippen LogP contribution in [0.25, 0.3) is 0 Å². The number of hydrogen-bond acceptors (Lipinski definition) is 2. The first-order chi connectivity index (χ1) is 16.1. The molecule has 3 heteroatoms. The lowest BCUT2D eigenvalue weighted by Gasteiger charge is -2.42. The molecule has 0 bridgehead atoms. The van der Waals surface area contributed by atoms with E-state index in [1.165, 1.54) is 17.5 Å². The fourth-order valence-electron chi connectivity index (χ4n) is 5.07. The van der Waals surface area contributed by atoms with Crippen molar-refractivity contribution in [3.8, 4) is 6.07 Å². The molecule has 2 nitrogen and oxygen atoms in total. The fraction of sp³-hybridized carbons (Fsp3) is 0.367. The molecular weight excluding hydrogens is 424 g/mol. The van der Waals surface area contributed by atoms with E-state index in [0.717, 1.165) is 49.4 Å². The molecule has 0 amide bonds. The Hall–Kier alpha value is -2.60. The molecule has 1 fully saturated rings. The number of halogens is 1. The number of hydrogen-bond donors (Lipinski definition) is 0. The van der Waals surface area contributed by atoms with E-state index in [1.807, 2.05) is 12.1 Å². The Balaban J connectivity index is 1.54. The van der Waals surface area contributed by atoms with Crippen molar-refractivity contribution in [1.82, 2.24) is 4.90 Å². The number of benzene rings is 3. The molecule has 0 N–H and O–H groups in total. The molecule has 0 spiro atoms. The van der Waals surface area contributed by atoms with E-state index in [9.17, 15) is 5.26 Å². The Morgan fingerprint density at radius 2 is 1.45 bits per heavy atom. The molecule has 0 saturated heterocycles. The lowest BCUT2D eigenvalue weighted by Crippen LogP contribution is -2.40. The van der Waals surface area contributed by atoms with Crippen LogP contribution < -0.4 is 0 Å². The highest BCUT2D eigenvalue weighted by Gasteiger charge is 2.43. The Labute approximate surface area is 203 Å². The topological polar surface area (TPSA) is 27.0 Å². The maximum Gasteiger partial charge on any atom is 0.0851 e. The number of nitriles is 1. The molecule has 0 radical (unpaired) electrons. The second-order valence-electron chi connectivity index (χ2n) is 9.48. The summed E-state index contributed by atoms with van der Waals surface area (Å²) in [6, 6.07) is 32.5. The third-order valence-electron chi connectivity index (χ3n) is 7.40. The molecule has 170 valence electrons. The van der Waals surface area contributed by atoms with Crippen molar-refractivity contribution in [2.24, 2.45) is 5.92 Å². The van der Waals surface area contributed by atoms with Gasteiger partial charge in [-0.1, -0.05) is 90.8 Å². The summed E-state index contributed by atoms with van der Waals surface area (Å²) in [6.07, 6.45) is 5.36. The average Bonchev–Trinajstić information content (AvgIpc) is 2.82. The Bertz CT molecular complexity index is 997. The van der Waals surface area contributed by atoms with Crippen LogP contribution in [0.1, 0.15) is 55.7 Å². The molecule has 0 heterocycles. The average molecular weight is 457 g/mol. The molecule has 2 atom stereocenters. The van der Waals surface area contributed by atoms with Crippen molar-refractivity contribution >= 4 is 11.6 Å². The minimum absolute atomic E-state index is 0.352. The van der Waals surface area contributed by atoms with E-state index in [2.05, 4.69) is 90.7 Å². The summed E-state index contributed by atoms with van der Waals surface area (Å²) in [5, 5.41) is 11.2. The molecule has 2 unspecified atom stereocenters. The van der Waals surface area contributed by atoms with Gasteiger partial charge in [0.1, 0.15) is 0 Å². The van der Waals surface area contributed by atoms with E-state index in [1.54, 1.807) is 0 Å². The van der Waals surface area contributed by atoms with Crippen molar-refractivity contribution in [1.29, 1.82) is 5.26 Å². The summed E-state index contributed by atoms with van der Waals surface area (Å²) in [7, 11) is 0. The van der Waals surface area contributed by atoms with Crippen molar-refractivity contribution in [3.63, 3.8) is 0 Å². The monoisotopic (exact) mass is 456 g/mol. The van der Waals surface area contributed by atoms with Crippen LogP contribution in [0.2, 0.25) is 5.02 Å². The molecular formula is C30H33ClN2. The molecule has 4 rings (SSSR count). The largest absolute Gasteiger partial charge is 0.292 e. The highest BCUT2D eigenvalue weighted by Crippen LogP contribution is 2.47. The van der Waals surface area contributed by atoms with Crippen molar-refractivity contribution in [2.75, 3.05) is 0 Å². The molecule has 0 aromatic heterocycles. The van der Waals surface area contributed by atoms with Crippen LogP contribution in [0.3, 0.4) is 0 Å². The van der Waals surface area contributed by atoms with Crippen LogP contribution >= 0.6 is 11.6 Å². The Morgan fingerprint density at radius 3 is 1.91 bits per heavy atom. The fourth-order valence-corrected chi connectivity index (χ4v) is 5.19. The summed E-state index contributed by atoms with van der Waals surface area (Å²) >= 11 is 6.17. The first-order valence-electron chi connectivity index (χ1n) is 12.1. The number of nitrogens with zero attached hydrogens (tertiary/aromatic N) is 2.